The summed E-state index contributed by atoms with van der Waals surface area (Å²) in [7, 11) is 0. The molecule has 0 saturated carbocycles. The van der Waals surface area contributed by atoms with Gasteiger partial charge in [0.1, 0.15) is 6.29 Å². The van der Waals surface area contributed by atoms with Crippen molar-refractivity contribution in [3.8, 4) is 0 Å². The standard InChI is InChI=1S/C13H19NO.C12H17NO.C11H12O2.C10H10O2.2C2H7N.2CN.2B.2Na/c1-4-13(15)12-8-6-11(7-9-12)10(3)14-5-2;1-3-12(14)11-7-5-10(6-8-11)9-13-4-2;1-3-11(13)10-6-4-9(5-7-10)8(2)12;1-2-10(12)9-5-3-8(7-11)4-6-9;2*1-2-3;2*1-2;;;;/h6-10,14H,4-5H2,1-3H3;5-8,13H,3-4,9H2,1-2H3;4-7H,3H2,1-2H3;3-7H,2H2,1H3;2*2-3H2,1H3;;;;;;/q;;;;;;2*-1;;;2*+1. The minimum Gasteiger partial charge on any atom is -0.512 e. The van der Waals surface area contributed by atoms with Gasteiger partial charge in [0.15, 0.2) is 28.9 Å². The van der Waals surface area contributed by atoms with E-state index in [1.54, 1.807) is 48.5 Å². The Morgan fingerprint density at radius 1 is 0.529 bits per heavy atom. The number of hydrogen-bond acceptors (Lipinski definition) is 12. The van der Waals surface area contributed by atoms with Crippen LogP contribution in [0, 0.1) is 23.7 Å². The number of rotatable bonds is 16. The third-order valence-corrected chi connectivity index (χ3v) is 8.36. The average Bonchev–Trinajstić information content (AvgIpc) is 3.35. The van der Waals surface area contributed by atoms with Crippen molar-refractivity contribution < 1.29 is 87.9 Å². The van der Waals surface area contributed by atoms with Crippen molar-refractivity contribution in [3.05, 3.63) is 155 Å². The smallest absolute Gasteiger partial charge is 0.512 e. The first kappa shape index (κ1) is 80.9. The van der Waals surface area contributed by atoms with Crippen LogP contribution in [0.2, 0.25) is 0 Å². The Labute approximate surface area is 457 Å². The third-order valence-electron chi connectivity index (χ3n) is 8.36. The molecule has 0 amide bonds. The van der Waals surface area contributed by atoms with Gasteiger partial charge in [0, 0.05) is 88.5 Å². The third kappa shape index (κ3) is 38.8. The first-order valence-electron chi connectivity index (χ1n) is 21.5. The number of hydrogen-bond donors (Lipinski definition) is 4. The molecule has 0 saturated heterocycles. The van der Waals surface area contributed by atoms with E-state index in [9.17, 15) is 28.8 Å². The van der Waals surface area contributed by atoms with Crippen LogP contribution in [0.4, 0.5) is 0 Å². The molecule has 0 bridgehead atoms. The maximum atomic E-state index is 11.4. The van der Waals surface area contributed by atoms with Crippen LogP contribution in [-0.4, -0.2) is 78.2 Å². The molecule has 6 N–H and O–H groups in total. The number of aldehydes is 1. The summed E-state index contributed by atoms with van der Waals surface area (Å²) in [5.74, 6) is 0.649. The van der Waals surface area contributed by atoms with Gasteiger partial charge in [-0.25, -0.2) is 0 Å². The second-order valence-electron chi connectivity index (χ2n) is 13.2. The molecule has 0 fully saturated rings. The number of carbonyl (C=O) groups is 6. The number of ketones is 5. The van der Waals surface area contributed by atoms with Gasteiger partial charge in [-0.05, 0) is 51.2 Å². The van der Waals surface area contributed by atoms with Crippen molar-refractivity contribution in [2.45, 2.75) is 108 Å². The molecule has 12 nitrogen and oxygen atoms in total. The van der Waals surface area contributed by atoms with Gasteiger partial charge in [-0.1, -0.05) is 152 Å². The molecule has 1 atom stereocenters. The van der Waals surface area contributed by atoms with Gasteiger partial charge < -0.3 is 45.8 Å². The topological polar surface area (TPSA) is 226 Å². The Hall–Kier alpha value is -4.15. The van der Waals surface area contributed by atoms with Crippen LogP contribution >= 0.6 is 0 Å². The van der Waals surface area contributed by atoms with Crippen molar-refractivity contribution in [3.63, 3.8) is 0 Å². The normalized spacial score (nSPS) is 8.94. The molecule has 4 aromatic carbocycles. The van der Waals surface area contributed by atoms with Crippen molar-refractivity contribution in [2.75, 3.05) is 26.2 Å². The predicted octanol–water partition coefficient (Wildman–Crippen LogP) is 3.28. The number of benzene rings is 4. The fourth-order valence-electron chi connectivity index (χ4n) is 4.91. The molecule has 0 aromatic heterocycles. The van der Waals surface area contributed by atoms with E-state index in [1.165, 1.54) is 18.1 Å². The SMILES string of the molecule is CCC(=O)c1ccc(C(C)=O)cc1.CCC(=O)c1ccc(C=O)cc1.CCN.CCN.CCNC(C)c1ccc(C(=O)CC)cc1.CCNCc1ccc(C(=O)CC)cc1.[B].[B].[C-]#N.[C-]#N.[Na+].[Na+]. The van der Waals surface area contributed by atoms with Gasteiger partial charge in [0.2, 0.25) is 0 Å². The van der Waals surface area contributed by atoms with Crippen LogP contribution in [0.15, 0.2) is 97.1 Å². The molecule has 0 heterocycles. The van der Waals surface area contributed by atoms with Crippen LogP contribution < -0.4 is 81.2 Å². The van der Waals surface area contributed by atoms with Crippen molar-refractivity contribution in [1.29, 1.82) is 10.5 Å². The summed E-state index contributed by atoms with van der Waals surface area (Å²) in [6.45, 7) is 32.8. The quantitative estimate of drug-likeness (QED) is 0.0550. The first-order valence-corrected chi connectivity index (χ1v) is 21.5. The fourth-order valence-corrected chi connectivity index (χ4v) is 4.91. The number of Topliss-reactive ketones (excluding diaryl/α,β-unsaturated/α-hetero) is 5. The van der Waals surface area contributed by atoms with E-state index >= 15 is 0 Å². The molecule has 0 aliphatic rings. The molecule has 0 spiro atoms. The van der Waals surface area contributed by atoms with Gasteiger partial charge in [-0.15, -0.1) is 0 Å². The van der Waals surface area contributed by atoms with E-state index in [0.29, 0.717) is 54.0 Å². The maximum Gasteiger partial charge on any atom is 1.00 e. The number of nitrogens with one attached hydrogen (secondary N) is 2. The van der Waals surface area contributed by atoms with E-state index in [-0.39, 0.29) is 105 Å². The summed E-state index contributed by atoms with van der Waals surface area (Å²) in [4.78, 5) is 66.2. The Balaban J connectivity index is -0.000000108. The molecule has 1 unspecified atom stereocenters. The van der Waals surface area contributed by atoms with Crippen LogP contribution in [0.1, 0.15) is 174 Å². The minimum atomic E-state index is 0. The molecule has 16 heteroatoms. The molecule has 6 radical (unpaired) electrons. The maximum absolute atomic E-state index is 11.4. The van der Waals surface area contributed by atoms with Crippen molar-refractivity contribution >= 4 is 52.0 Å². The van der Waals surface area contributed by atoms with Crippen LogP contribution in [-0.2, 0) is 6.54 Å². The van der Waals surface area contributed by atoms with Crippen LogP contribution in [0.5, 0.6) is 0 Å². The van der Waals surface area contributed by atoms with E-state index in [4.69, 9.17) is 35.1 Å². The predicted molar refractivity (Wildman–Crippen MR) is 270 cm³/mol. The van der Waals surface area contributed by atoms with Crippen LogP contribution in [0.3, 0.4) is 0 Å². The molecule has 0 aliphatic heterocycles. The Bertz CT molecular complexity index is 1910. The zero-order valence-corrected chi connectivity index (χ0v) is 46.9. The number of nitrogens with zero attached hydrogens (tertiary/aromatic N) is 2. The molecular formula is C52H72B2N6Na2O6. The molecule has 4 rings (SSSR count). The second-order valence-corrected chi connectivity index (χ2v) is 13.2. The summed E-state index contributed by atoms with van der Waals surface area (Å²) < 4.78 is 0. The first-order chi connectivity index (χ1) is 30.7. The van der Waals surface area contributed by atoms with Gasteiger partial charge in [0.05, 0.1) is 0 Å². The molecule has 354 valence electrons. The van der Waals surface area contributed by atoms with E-state index in [0.717, 1.165) is 50.1 Å². The summed E-state index contributed by atoms with van der Waals surface area (Å²) >= 11 is 0. The zero-order chi connectivity index (χ0) is 49.9. The molecule has 0 aliphatic carbocycles. The summed E-state index contributed by atoms with van der Waals surface area (Å²) in [5.41, 5.74) is 16.4. The van der Waals surface area contributed by atoms with Gasteiger partial charge in [0.25, 0.3) is 0 Å². The molecule has 4 aromatic rings. The molecule has 68 heavy (non-hydrogen) atoms. The van der Waals surface area contributed by atoms with E-state index in [2.05, 4.69) is 31.4 Å². The fraction of sp³-hybridized carbons (Fsp3) is 0.385. The van der Waals surface area contributed by atoms with Crippen molar-refractivity contribution in [2.24, 2.45) is 11.5 Å². The number of carbonyl (C=O) groups excluding carboxylic acids is 6. The Morgan fingerprint density at radius 2 is 0.809 bits per heavy atom. The van der Waals surface area contributed by atoms with Crippen LogP contribution in [0.25, 0.3) is 0 Å². The summed E-state index contributed by atoms with van der Waals surface area (Å²) in [5, 5.41) is 19.1. The number of nitrogens with two attached hydrogens (primary N) is 2. The summed E-state index contributed by atoms with van der Waals surface area (Å²) in [6.07, 6.45) is 2.91. The van der Waals surface area contributed by atoms with Gasteiger partial charge in [-0.2, -0.15) is 0 Å². The Kier molecular flexibility index (Phi) is 65.9. The van der Waals surface area contributed by atoms with Crippen molar-refractivity contribution in [1.82, 2.24) is 10.6 Å². The Morgan fingerprint density at radius 3 is 1.07 bits per heavy atom. The summed E-state index contributed by atoms with van der Waals surface area (Å²) in [6, 6.07) is 29.4. The van der Waals surface area contributed by atoms with E-state index < -0.39 is 0 Å². The average molecular weight is 945 g/mol. The second kappa shape index (κ2) is 55.4. The van der Waals surface area contributed by atoms with E-state index in [1.807, 2.05) is 90.1 Å². The zero-order valence-electron chi connectivity index (χ0n) is 42.9. The van der Waals surface area contributed by atoms with Gasteiger partial charge in [-0.3, -0.25) is 28.8 Å². The monoisotopic (exact) mass is 945 g/mol. The largest absolute Gasteiger partial charge is 1.00 e. The van der Waals surface area contributed by atoms with Gasteiger partial charge >= 0.3 is 59.1 Å². The minimum absolute atomic E-state index is 0. The molecular weight excluding hydrogens is 872 g/mol.